The van der Waals surface area contributed by atoms with Crippen LogP contribution >= 0.6 is 7.92 Å². The van der Waals surface area contributed by atoms with Crippen molar-refractivity contribution in [1.29, 1.82) is 0 Å². The molecule has 4 heteroatoms. The van der Waals surface area contributed by atoms with Gasteiger partial charge in [0.25, 0.3) is 0 Å². The van der Waals surface area contributed by atoms with Gasteiger partial charge in [0.05, 0.1) is 13.0 Å². The van der Waals surface area contributed by atoms with E-state index in [9.17, 15) is 0 Å². The molecule has 0 radical (unpaired) electrons. The van der Waals surface area contributed by atoms with Gasteiger partial charge in [-0.15, -0.1) is 11.8 Å². The summed E-state index contributed by atoms with van der Waals surface area (Å²) in [6.45, 7) is 4.16. The molecule has 0 saturated carbocycles. The smallest absolute Gasteiger partial charge is 0.0655 e. The Morgan fingerprint density at radius 1 is 1.00 bits per heavy atom. The van der Waals surface area contributed by atoms with Crippen molar-refractivity contribution in [3.63, 3.8) is 0 Å². The maximum atomic E-state index is 8.56. The molecule has 3 nitrogen and oxygen atoms in total. The number of hydrogen-bond acceptors (Lipinski definition) is 3. The third-order valence-electron chi connectivity index (χ3n) is 2.97. The van der Waals surface area contributed by atoms with E-state index in [1.165, 1.54) is 25.2 Å². The van der Waals surface area contributed by atoms with E-state index in [1.54, 1.807) is 7.11 Å². The second-order valence-corrected chi connectivity index (χ2v) is 7.41. The van der Waals surface area contributed by atoms with Gasteiger partial charge >= 0.3 is 0 Å². The normalized spacial score (nSPS) is 11.9. The lowest BCUT2D eigenvalue weighted by Crippen LogP contribution is -2.00. The van der Waals surface area contributed by atoms with Gasteiger partial charge in [-0.05, 0) is 38.0 Å². The standard InChI is InChI=1S/C16H31O3P/c1-3-20(16-18-2)15-11-10-14-19-13-9-7-5-4-6-8-12-17/h17H,3,5,7-16H2,1-2H3. The van der Waals surface area contributed by atoms with E-state index in [1.807, 2.05) is 0 Å². The first-order chi connectivity index (χ1) is 9.85. The molecule has 0 heterocycles. The van der Waals surface area contributed by atoms with Crippen LogP contribution in [-0.4, -0.2) is 50.7 Å². The number of aliphatic hydroxyl groups excluding tert-OH is 1. The van der Waals surface area contributed by atoms with Crippen LogP contribution in [0.5, 0.6) is 0 Å². The molecule has 1 unspecified atom stereocenters. The van der Waals surface area contributed by atoms with Crippen molar-refractivity contribution in [2.45, 2.75) is 45.4 Å². The van der Waals surface area contributed by atoms with E-state index in [0.29, 0.717) is 6.42 Å². The number of methoxy groups -OCH3 is 1. The summed E-state index contributed by atoms with van der Waals surface area (Å²) < 4.78 is 10.8. The number of rotatable bonds is 13. The first kappa shape index (κ1) is 19.9. The van der Waals surface area contributed by atoms with Crippen molar-refractivity contribution in [1.82, 2.24) is 0 Å². The van der Waals surface area contributed by atoms with Crippen LogP contribution in [0.25, 0.3) is 0 Å². The summed E-state index contributed by atoms with van der Waals surface area (Å²) in [7, 11) is 1.89. The molecule has 0 amide bonds. The van der Waals surface area contributed by atoms with Crippen LogP contribution in [-0.2, 0) is 9.47 Å². The lowest BCUT2D eigenvalue weighted by Gasteiger charge is -2.13. The molecule has 0 saturated heterocycles. The highest BCUT2D eigenvalue weighted by Gasteiger charge is 2.03. The second kappa shape index (κ2) is 16.9. The molecule has 0 fully saturated rings. The maximum absolute atomic E-state index is 8.56. The summed E-state index contributed by atoms with van der Waals surface area (Å²) in [5.41, 5.74) is 0. The fraction of sp³-hybridized carbons (Fsp3) is 0.875. The molecule has 0 aromatic carbocycles. The molecule has 0 aliphatic heterocycles. The molecule has 0 aromatic rings. The predicted octanol–water partition coefficient (Wildman–Crippen LogP) is 3.45. The summed E-state index contributed by atoms with van der Waals surface area (Å²) in [4.78, 5) is 0. The molecular weight excluding hydrogens is 271 g/mol. The van der Waals surface area contributed by atoms with Crippen molar-refractivity contribution in [3.05, 3.63) is 0 Å². The maximum Gasteiger partial charge on any atom is 0.0655 e. The summed E-state index contributed by atoms with van der Waals surface area (Å²) in [5.74, 6) is 5.98. The fourth-order valence-electron chi connectivity index (χ4n) is 1.79. The Morgan fingerprint density at radius 2 is 1.70 bits per heavy atom. The van der Waals surface area contributed by atoms with E-state index in [4.69, 9.17) is 14.6 Å². The Hall–Kier alpha value is -0.130. The Morgan fingerprint density at radius 3 is 2.35 bits per heavy atom. The molecule has 0 rings (SSSR count). The number of unbranched alkanes of at least 4 members (excludes halogenated alkanes) is 3. The molecule has 0 aliphatic carbocycles. The highest BCUT2D eigenvalue weighted by atomic mass is 31.1. The summed E-state index contributed by atoms with van der Waals surface area (Å²) in [6.07, 6.45) is 9.64. The van der Waals surface area contributed by atoms with E-state index < -0.39 is 0 Å². The topological polar surface area (TPSA) is 38.7 Å². The number of ether oxygens (including phenoxy) is 2. The van der Waals surface area contributed by atoms with Crippen LogP contribution in [0.3, 0.4) is 0 Å². The fourth-order valence-corrected chi connectivity index (χ4v) is 3.45. The molecule has 20 heavy (non-hydrogen) atoms. The molecule has 118 valence electrons. The van der Waals surface area contributed by atoms with Crippen molar-refractivity contribution < 1.29 is 14.6 Å². The Bertz CT molecular complexity index is 248. The van der Waals surface area contributed by atoms with Gasteiger partial charge in [0.15, 0.2) is 0 Å². The highest BCUT2D eigenvalue weighted by molar-refractivity contribution is 7.57. The average molecular weight is 302 g/mol. The molecule has 1 atom stereocenters. The van der Waals surface area contributed by atoms with Gasteiger partial charge in [-0.1, -0.05) is 14.8 Å². The molecule has 0 spiro atoms. The van der Waals surface area contributed by atoms with Crippen LogP contribution in [0.15, 0.2) is 0 Å². The van der Waals surface area contributed by atoms with Gasteiger partial charge in [-0.3, -0.25) is 0 Å². The molecular formula is C16H31O3P. The number of hydrogen-bond donors (Lipinski definition) is 1. The van der Waals surface area contributed by atoms with E-state index in [-0.39, 0.29) is 14.5 Å². The van der Waals surface area contributed by atoms with Crippen LogP contribution in [0.2, 0.25) is 0 Å². The van der Waals surface area contributed by atoms with Gasteiger partial charge in [-0.25, -0.2) is 0 Å². The zero-order chi connectivity index (χ0) is 14.9. The molecule has 0 aliphatic rings. The van der Waals surface area contributed by atoms with Crippen LogP contribution in [0.1, 0.15) is 45.4 Å². The van der Waals surface area contributed by atoms with E-state index in [2.05, 4.69) is 18.8 Å². The van der Waals surface area contributed by atoms with Gasteiger partial charge in [0, 0.05) is 33.2 Å². The van der Waals surface area contributed by atoms with E-state index in [0.717, 1.165) is 38.8 Å². The predicted molar refractivity (Wildman–Crippen MR) is 87.6 cm³/mol. The van der Waals surface area contributed by atoms with Crippen molar-refractivity contribution in [2.24, 2.45) is 0 Å². The van der Waals surface area contributed by atoms with Crippen LogP contribution < -0.4 is 0 Å². The van der Waals surface area contributed by atoms with Gasteiger partial charge in [-0.2, -0.15) is 0 Å². The minimum atomic E-state index is 0.0928. The quantitative estimate of drug-likeness (QED) is 0.322. The minimum absolute atomic E-state index is 0.0928. The Labute approximate surface area is 126 Å². The van der Waals surface area contributed by atoms with Crippen LogP contribution in [0, 0.1) is 11.8 Å². The molecule has 0 bridgehead atoms. The lowest BCUT2D eigenvalue weighted by molar-refractivity contribution is 0.128. The van der Waals surface area contributed by atoms with Gasteiger partial charge < -0.3 is 14.6 Å². The highest BCUT2D eigenvalue weighted by Crippen LogP contribution is 2.35. The molecule has 0 aromatic heterocycles. The average Bonchev–Trinajstić information content (AvgIpc) is 2.47. The third-order valence-corrected chi connectivity index (χ3v) is 5.44. The SMILES string of the molecule is CCP(CCCCOCCCCC#CCCO)COC. The van der Waals surface area contributed by atoms with E-state index >= 15 is 0 Å². The van der Waals surface area contributed by atoms with Gasteiger partial charge in [0.1, 0.15) is 0 Å². The molecule has 1 N–H and O–H groups in total. The minimum Gasteiger partial charge on any atom is -0.395 e. The lowest BCUT2D eigenvalue weighted by atomic mass is 10.2. The van der Waals surface area contributed by atoms with Crippen LogP contribution in [0.4, 0.5) is 0 Å². The zero-order valence-corrected chi connectivity index (χ0v) is 14.1. The summed E-state index contributed by atoms with van der Waals surface area (Å²) in [6, 6.07) is 0. The zero-order valence-electron chi connectivity index (χ0n) is 13.2. The monoisotopic (exact) mass is 302 g/mol. The second-order valence-electron chi connectivity index (χ2n) is 4.73. The largest absolute Gasteiger partial charge is 0.395 e. The van der Waals surface area contributed by atoms with Gasteiger partial charge in [0.2, 0.25) is 0 Å². The Kier molecular flexibility index (Phi) is 16.8. The Balaban J connectivity index is 3.19. The third kappa shape index (κ3) is 14.3. The summed E-state index contributed by atoms with van der Waals surface area (Å²) >= 11 is 0. The van der Waals surface area contributed by atoms with Crippen molar-refractivity contribution in [2.75, 3.05) is 45.6 Å². The van der Waals surface area contributed by atoms with Crippen molar-refractivity contribution in [3.8, 4) is 11.8 Å². The first-order valence-electron chi connectivity index (χ1n) is 7.70. The summed E-state index contributed by atoms with van der Waals surface area (Å²) in [5, 5.41) is 8.56. The van der Waals surface area contributed by atoms with Crippen molar-refractivity contribution >= 4 is 7.92 Å². The first-order valence-corrected chi connectivity index (χ1v) is 9.60. The number of aliphatic hydroxyl groups is 1.